The lowest BCUT2D eigenvalue weighted by atomic mass is 10.1. The van der Waals surface area contributed by atoms with Crippen LogP contribution in [0.5, 0.6) is 11.6 Å². The van der Waals surface area contributed by atoms with Crippen molar-refractivity contribution in [3.63, 3.8) is 0 Å². The molecule has 0 amide bonds. The number of hydrogen-bond acceptors (Lipinski definition) is 3. The molecule has 1 aromatic heterocycles. The highest BCUT2D eigenvalue weighted by Crippen LogP contribution is 2.25. The first-order valence-electron chi connectivity index (χ1n) is 7.15. The summed E-state index contributed by atoms with van der Waals surface area (Å²) in [6.45, 7) is 2.56. The van der Waals surface area contributed by atoms with Crippen LogP contribution in [0.2, 0.25) is 0 Å². The molecule has 0 fully saturated rings. The Morgan fingerprint density at radius 3 is 2.57 bits per heavy atom. The molecule has 0 spiro atoms. The molecule has 2 N–H and O–H groups in total. The third-order valence-corrected chi connectivity index (χ3v) is 3.46. The molecule has 0 atom stereocenters. The van der Waals surface area contributed by atoms with Crippen LogP contribution < -0.4 is 10.5 Å². The van der Waals surface area contributed by atoms with E-state index in [1.165, 1.54) is 5.39 Å². The van der Waals surface area contributed by atoms with Crippen LogP contribution in [-0.4, -0.2) is 4.98 Å². The van der Waals surface area contributed by atoms with E-state index >= 15 is 0 Å². The van der Waals surface area contributed by atoms with Gasteiger partial charge in [0.05, 0.1) is 0 Å². The zero-order valence-corrected chi connectivity index (χ0v) is 12.0. The van der Waals surface area contributed by atoms with E-state index in [0.717, 1.165) is 28.8 Å². The third kappa shape index (κ3) is 3.03. The number of nitrogens with zero attached hydrogens (tertiary/aromatic N) is 1. The van der Waals surface area contributed by atoms with Gasteiger partial charge < -0.3 is 10.5 Å². The van der Waals surface area contributed by atoms with Gasteiger partial charge in [-0.2, -0.15) is 0 Å². The Kier molecular flexibility index (Phi) is 3.84. The SMILES string of the molecule is CCc1cc(CN)cc(Oc2ccc3ccccc3c2)n1. The highest BCUT2D eigenvalue weighted by Gasteiger charge is 2.04. The maximum atomic E-state index is 5.90. The molecule has 0 radical (unpaired) electrons. The summed E-state index contributed by atoms with van der Waals surface area (Å²) in [5, 5.41) is 2.35. The van der Waals surface area contributed by atoms with Crippen molar-refractivity contribution in [1.29, 1.82) is 0 Å². The standard InChI is InChI=1S/C18H18N2O/c1-2-16-9-13(12-19)10-18(20-16)21-17-8-7-14-5-3-4-6-15(14)11-17/h3-11H,2,12,19H2,1H3. The fourth-order valence-electron chi connectivity index (χ4n) is 2.32. The maximum Gasteiger partial charge on any atom is 0.219 e. The second kappa shape index (κ2) is 5.94. The summed E-state index contributed by atoms with van der Waals surface area (Å²) in [7, 11) is 0. The molecule has 3 aromatic rings. The van der Waals surface area contributed by atoms with Crippen molar-refractivity contribution in [2.24, 2.45) is 5.73 Å². The van der Waals surface area contributed by atoms with Crippen LogP contribution in [0.1, 0.15) is 18.2 Å². The van der Waals surface area contributed by atoms with Gasteiger partial charge in [0.1, 0.15) is 5.75 Å². The summed E-state index contributed by atoms with van der Waals surface area (Å²) in [5.74, 6) is 1.39. The molecular weight excluding hydrogens is 260 g/mol. The first-order valence-corrected chi connectivity index (χ1v) is 7.15. The smallest absolute Gasteiger partial charge is 0.219 e. The molecule has 0 aliphatic carbocycles. The minimum absolute atomic E-state index is 0.490. The molecule has 0 aliphatic heterocycles. The molecule has 0 bridgehead atoms. The number of aryl methyl sites for hydroxylation is 1. The van der Waals surface area contributed by atoms with Gasteiger partial charge >= 0.3 is 0 Å². The fraction of sp³-hybridized carbons (Fsp3) is 0.167. The molecule has 0 saturated heterocycles. The van der Waals surface area contributed by atoms with Crippen LogP contribution in [0, 0.1) is 0 Å². The normalized spacial score (nSPS) is 10.8. The number of hydrogen-bond donors (Lipinski definition) is 1. The first kappa shape index (κ1) is 13.6. The molecule has 2 aromatic carbocycles. The average molecular weight is 278 g/mol. The highest BCUT2D eigenvalue weighted by molar-refractivity contribution is 5.83. The zero-order chi connectivity index (χ0) is 14.7. The van der Waals surface area contributed by atoms with Crippen LogP contribution in [0.15, 0.2) is 54.6 Å². The lowest BCUT2D eigenvalue weighted by Crippen LogP contribution is -2.00. The lowest BCUT2D eigenvalue weighted by Gasteiger charge is -2.09. The summed E-state index contributed by atoms with van der Waals surface area (Å²) in [6, 6.07) is 18.2. The highest BCUT2D eigenvalue weighted by atomic mass is 16.5. The minimum atomic E-state index is 0.490. The first-order chi connectivity index (χ1) is 10.3. The molecule has 0 unspecified atom stereocenters. The molecule has 3 nitrogen and oxygen atoms in total. The van der Waals surface area contributed by atoms with Crippen molar-refractivity contribution in [2.45, 2.75) is 19.9 Å². The minimum Gasteiger partial charge on any atom is -0.439 e. The molecular formula is C18H18N2O. The molecule has 0 saturated carbocycles. The Hall–Kier alpha value is -2.39. The fourth-order valence-corrected chi connectivity index (χ4v) is 2.32. The number of rotatable bonds is 4. The quantitative estimate of drug-likeness (QED) is 0.783. The largest absolute Gasteiger partial charge is 0.439 e. The number of aromatic nitrogens is 1. The Morgan fingerprint density at radius 2 is 1.81 bits per heavy atom. The monoisotopic (exact) mass is 278 g/mol. The lowest BCUT2D eigenvalue weighted by molar-refractivity contribution is 0.460. The van der Waals surface area contributed by atoms with Gasteiger partial charge in [-0.05, 0) is 41.0 Å². The predicted molar refractivity (Wildman–Crippen MR) is 85.5 cm³/mol. The topological polar surface area (TPSA) is 48.1 Å². The van der Waals surface area contributed by atoms with Crippen molar-refractivity contribution in [3.05, 3.63) is 65.9 Å². The van der Waals surface area contributed by atoms with Gasteiger partial charge in [-0.25, -0.2) is 4.98 Å². The van der Waals surface area contributed by atoms with Crippen LogP contribution in [-0.2, 0) is 13.0 Å². The summed E-state index contributed by atoms with van der Waals surface area (Å²) in [5.41, 5.74) is 7.76. The van der Waals surface area contributed by atoms with Crippen LogP contribution in [0.25, 0.3) is 10.8 Å². The predicted octanol–water partition coefficient (Wildman–Crippen LogP) is 4.05. The average Bonchev–Trinajstić information content (AvgIpc) is 2.54. The molecule has 0 aliphatic rings. The third-order valence-electron chi connectivity index (χ3n) is 3.46. The number of fused-ring (bicyclic) bond motifs is 1. The molecule has 21 heavy (non-hydrogen) atoms. The van der Waals surface area contributed by atoms with E-state index in [0.29, 0.717) is 12.4 Å². The van der Waals surface area contributed by atoms with Crippen molar-refractivity contribution in [3.8, 4) is 11.6 Å². The summed E-state index contributed by atoms with van der Waals surface area (Å²) in [4.78, 5) is 4.50. The van der Waals surface area contributed by atoms with Gasteiger partial charge in [-0.3, -0.25) is 0 Å². The number of pyridine rings is 1. The van der Waals surface area contributed by atoms with Crippen LogP contribution >= 0.6 is 0 Å². The Balaban J connectivity index is 1.94. The van der Waals surface area contributed by atoms with Gasteiger partial charge in [0.25, 0.3) is 0 Å². The van der Waals surface area contributed by atoms with Crippen molar-refractivity contribution >= 4 is 10.8 Å². The second-order valence-corrected chi connectivity index (χ2v) is 4.97. The van der Waals surface area contributed by atoms with E-state index in [1.807, 2.05) is 36.4 Å². The maximum absolute atomic E-state index is 5.90. The molecule has 106 valence electrons. The molecule has 1 heterocycles. The van der Waals surface area contributed by atoms with E-state index in [2.05, 4.69) is 30.1 Å². The van der Waals surface area contributed by atoms with E-state index in [1.54, 1.807) is 0 Å². The Labute approximate surface area is 124 Å². The molecule has 3 rings (SSSR count). The van der Waals surface area contributed by atoms with Crippen molar-refractivity contribution in [2.75, 3.05) is 0 Å². The second-order valence-electron chi connectivity index (χ2n) is 4.97. The van der Waals surface area contributed by atoms with Crippen molar-refractivity contribution < 1.29 is 4.74 Å². The van der Waals surface area contributed by atoms with Crippen LogP contribution in [0.4, 0.5) is 0 Å². The number of nitrogens with two attached hydrogens (primary N) is 1. The summed E-state index contributed by atoms with van der Waals surface area (Å²) >= 11 is 0. The van der Waals surface area contributed by atoms with E-state index < -0.39 is 0 Å². The number of ether oxygens (including phenoxy) is 1. The van der Waals surface area contributed by atoms with Gasteiger partial charge in [0.2, 0.25) is 5.88 Å². The van der Waals surface area contributed by atoms with E-state index in [4.69, 9.17) is 10.5 Å². The zero-order valence-electron chi connectivity index (χ0n) is 12.0. The van der Waals surface area contributed by atoms with Crippen molar-refractivity contribution in [1.82, 2.24) is 4.98 Å². The molecule has 3 heteroatoms. The van der Waals surface area contributed by atoms with Gasteiger partial charge in [0.15, 0.2) is 0 Å². The number of benzene rings is 2. The summed E-state index contributed by atoms with van der Waals surface area (Å²) in [6.07, 6.45) is 0.863. The van der Waals surface area contributed by atoms with Gasteiger partial charge in [0, 0.05) is 18.3 Å². The van der Waals surface area contributed by atoms with Crippen LogP contribution in [0.3, 0.4) is 0 Å². The van der Waals surface area contributed by atoms with Gasteiger partial charge in [-0.15, -0.1) is 0 Å². The van der Waals surface area contributed by atoms with Gasteiger partial charge in [-0.1, -0.05) is 37.3 Å². The summed E-state index contributed by atoms with van der Waals surface area (Å²) < 4.78 is 5.90. The Bertz CT molecular complexity index is 746. The van der Waals surface area contributed by atoms with E-state index in [-0.39, 0.29) is 0 Å². The van der Waals surface area contributed by atoms with E-state index in [9.17, 15) is 0 Å². The Morgan fingerprint density at radius 1 is 1.00 bits per heavy atom.